The summed E-state index contributed by atoms with van der Waals surface area (Å²) in [7, 11) is 0. The zero-order chi connectivity index (χ0) is 10.1. The minimum absolute atomic E-state index is 0.608. The maximum Gasteiger partial charge on any atom is 0.326 e. The average molecular weight is 193 g/mol. The normalized spacial score (nSPS) is 20.2. The van der Waals surface area contributed by atoms with Crippen LogP contribution in [0.3, 0.4) is 0 Å². The van der Waals surface area contributed by atoms with Crippen molar-refractivity contribution < 1.29 is 9.90 Å². The van der Waals surface area contributed by atoms with E-state index in [1.807, 2.05) is 6.92 Å². The summed E-state index contributed by atoms with van der Waals surface area (Å²) in [6.45, 7) is 2.54. The fourth-order valence-corrected chi connectivity index (χ4v) is 1.72. The molecular formula is C9H11N3O2. The van der Waals surface area contributed by atoms with E-state index >= 15 is 0 Å². The second-order valence-electron chi connectivity index (χ2n) is 3.30. The molecule has 2 heterocycles. The summed E-state index contributed by atoms with van der Waals surface area (Å²) in [6.07, 6.45) is 2.21. The Morgan fingerprint density at radius 2 is 2.43 bits per heavy atom. The van der Waals surface area contributed by atoms with Crippen LogP contribution < -0.4 is 5.32 Å². The maximum atomic E-state index is 10.9. The lowest BCUT2D eigenvalue weighted by Crippen LogP contribution is -2.36. The fraction of sp³-hybridized carbons (Fsp3) is 0.444. The minimum Gasteiger partial charge on any atom is -0.480 e. The molecule has 1 atom stereocenters. The average Bonchev–Trinajstić information content (AvgIpc) is 2.17. The molecule has 0 spiro atoms. The van der Waals surface area contributed by atoms with Crippen molar-refractivity contribution in [3.63, 3.8) is 0 Å². The van der Waals surface area contributed by atoms with E-state index in [1.54, 1.807) is 0 Å². The molecule has 1 unspecified atom stereocenters. The van der Waals surface area contributed by atoms with Crippen molar-refractivity contribution in [3.8, 4) is 0 Å². The van der Waals surface area contributed by atoms with Gasteiger partial charge in [-0.1, -0.05) is 0 Å². The highest BCUT2D eigenvalue weighted by Gasteiger charge is 2.28. The molecule has 0 radical (unpaired) electrons. The quantitative estimate of drug-likeness (QED) is 0.659. The van der Waals surface area contributed by atoms with Crippen molar-refractivity contribution in [2.75, 3.05) is 6.54 Å². The second kappa shape index (κ2) is 3.34. The second-order valence-corrected chi connectivity index (χ2v) is 3.30. The number of aryl methyl sites for hydroxylation is 1. The first-order chi connectivity index (χ1) is 6.70. The number of rotatable bonds is 1. The molecule has 0 aliphatic carbocycles. The van der Waals surface area contributed by atoms with Gasteiger partial charge in [-0.05, 0) is 18.9 Å². The Hall–Kier alpha value is -1.49. The van der Waals surface area contributed by atoms with E-state index in [4.69, 9.17) is 5.11 Å². The van der Waals surface area contributed by atoms with Crippen LogP contribution in [0, 0.1) is 6.92 Å². The van der Waals surface area contributed by atoms with Crippen molar-refractivity contribution in [1.29, 1.82) is 0 Å². The first kappa shape index (κ1) is 9.08. The molecule has 1 aromatic rings. The summed E-state index contributed by atoms with van der Waals surface area (Å²) in [5.74, 6) is -0.885. The monoisotopic (exact) mass is 193 g/mol. The molecule has 0 aromatic carbocycles. The highest BCUT2D eigenvalue weighted by Crippen LogP contribution is 2.21. The number of hydrogen-bond acceptors (Lipinski definition) is 4. The Morgan fingerprint density at radius 3 is 3.14 bits per heavy atom. The first-order valence-corrected chi connectivity index (χ1v) is 4.46. The van der Waals surface area contributed by atoms with Crippen LogP contribution in [0.2, 0.25) is 0 Å². The van der Waals surface area contributed by atoms with Gasteiger partial charge < -0.3 is 5.11 Å². The third kappa shape index (κ3) is 1.35. The van der Waals surface area contributed by atoms with Crippen molar-refractivity contribution in [1.82, 2.24) is 15.3 Å². The van der Waals surface area contributed by atoms with Crippen LogP contribution in [0.1, 0.15) is 23.0 Å². The molecule has 0 saturated carbocycles. The topological polar surface area (TPSA) is 75.1 Å². The van der Waals surface area contributed by atoms with Crippen LogP contribution in [-0.2, 0) is 11.2 Å². The minimum atomic E-state index is -0.885. The molecule has 0 fully saturated rings. The van der Waals surface area contributed by atoms with Crippen LogP contribution in [0.4, 0.5) is 0 Å². The number of hydrogen-bond donors (Lipinski definition) is 2. The lowest BCUT2D eigenvalue weighted by atomic mass is 9.99. The van der Waals surface area contributed by atoms with E-state index in [0.717, 1.165) is 17.7 Å². The van der Waals surface area contributed by atoms with E-state index in [2.05, 4.69) is 15.3 Å². The van der Waals surface area contributed by atoms with Crippen LogP contribution in [0.5, 0.6) is 0 Å². The number of nitrogens with zero attached hydrogens (tertiary/aromatic N) is 2. The van der Waals surface area contributed by atoms with Gasteiger partial charge in [-0.15, -0.1) is 0 Å². The van der Waals surface area contributed by atoms with Gasteiger partial charge in [0.15, 0.2) is 0 Å². The number of aromatic nitrogens is 2. The highest BCUT2D eigenvalue weighted by atomic mass is 16.4. The van der Waals surface area contributed by atoms with Gasteiger partial charge in [-0.3, -0.25) is 10.1 Å². The third-order valence-corrected chi connectivity index (χ3v) is 2.44. The first-order valence-electron chi connectivity index (χ1n) is 4.46. The predicted octanol–water partition coefficient (Wildman–Crippen LogP) is 0.0564. The summed E-state index contributed by atoms with van der Waals surface area (Å²) >= 11 is 0. The molecule has 74 valence electrons. The van der Waals surface area contributed by atoms with Gasteiger partial charge in [0.25, 0.3) is 0 Å². The lowest BCUT2D eigenvalue weighted by molar-refractivity contribution is -0.139. The van der Waals surface area contributed by atoms with Gasteiger partial charge in [0.2, 0.25) is 0 Å². The smallest absolute Gasteiger partial charge is 0.326 e. The van der Waals surface area contributed by atoms with Gasteiger partial charge in [-0.2, -0.15) is 0 Å². The summed E-state index contributed by atoms with van der Waals surface area (Å²) in [6, 6.07) is -0.680. The van der Waals surface area contributed by atoms with Crippen LogP contribution in [0.25, 0.3) is 0 Å². The summed E-state index contributed by atoms with van der Waals surface area (Å²) in [5.41, 5.74) is 2.46. The predicted molar refractivity (Wildman–Crippen MR) is 48.9 cm³/mol. The number of carboxylic acid groups (broad SMARTS) is 1. The Balaban J connectivity index is 2.49. The SMILES string of the molecule is Cc1ncnc2c1CCNC2C(=O)O. The lowest BCUT2D eigenvalue weighted by Gasteiger charge is -2.23. The van der Waals surface area contributed by atoms with Gasteiger partial charge in [-0.25, -0.2) is 9.97 Å². The van der Waals surface area contributed by atoms with E-state index in [1.165, 1.54) is 6.33 Å². The Morgan fingerprint density at radius 1 is 1.64 bits per heavy atom. The molecule has 0 saturated heterocycles. The molecule has 2 rings (SSSR count). The molecule has 1 aliphatic rings. The number of fused-ring (bicyclic) bond motifs is 1. The van der Waals surface area contributed by atoms with E-state index in [-0.39, 0.29) is 0 Å². The van der Waals surface area contributed by atoms with Crippen LogP contribution in [-0.4, -0.2) is 27.6 Å². The zero-order valence-corrected chi connectivity index (χ0v) is 7.82. The van der Waals surface area contributed by atoms with Crippen molar-refractivity contribution in [2.45, 2.75) is 19.4 Å². The van der Waals surface area contributed by atoms with Gasteiger partial charge in [0.1, 0.15) is 12.4 Å². The summed E-state index contributed by atoms with van der Waals surface area (Å²) in [4.78, 5) is 19.0. The zero-order valence-electron chi connectivity index (χ0n) is 7.82. The molecule has 5 nitrogen and oxygen atoms in total. The molecule has 5 heteroatoms. The highest BCUT2D eigenvalue weighted by molar-refractivity contribution is 5.75. The largest absolute Gasteiger partial charge is 0.480 e. The number of nitrogens with one attached hydrogen (secondary N) is 1. The molecule has 0 amide bonds. The fourth-order valence-electron chi connectivity index (χ4n) is 1.72. The number of carbonyl (C=O) groups is 1. The summed E-state index contributed by atoms with van der Waals surface area (Å²) < 4.78 is 0. The van der Waals surface area contributed by atoms with Gasteiger partial charge in [0.05, 0.1) is 5.69 Å². The van der Waals surface area contributed by atoms with Gasteiger partial charge >= 0.3 is 5.97 Å². The summed E-state index contributed by atoms with van der Waals surface area (Å²) in [5, 5.41) is 11.9. The molecule has 0 bridgehead atoms. The molecule has 2 N–H and O–H groups in total. The standard InChI is InChI=1S/C9H11N3O2/c1-5-6-2-3-10-8(9(13)14)7(6)12-4-11-5/h4,8,10H,2-3H2,1H3,(H,13,14). The van der Waals surface area contributed by atoms with E-state index in [9.17, 15) is 4.79 Å². The Kier molecular flexibility index (Phi) is 2.17. The van der Waals surface area contributed by atoms with Gasteiger partial charge in [0, 0.05) is 12.2 Å². The Labute approximate surface area is 81.2 Å². The van der Waals surface area contributed by atoms with Crippen LogP contribution >= 0.6 is 0 Å². The van der Waals surface area contributed by atoms with Crippen molar-refractivity contribution >= 4 is 5.97 Å². The number of aliphatic carboxylic acids is 1. The molecule has 1 aromatic heterocycles. The van der Waals surface area contributed by atoms with E-state index < -0.39 is 12.0 Å². The van der Waals surface area contributed by atoms with Crippen molar-refractivity contribution in [2.24, 2.45) is 0 Å². The van der Waals surface area contributed by atoms with E-state index in [0.29, 0.717) is 12.2 Å². The van der Waals surface area contributed by atoms with Crippen molar-refractivity contribution in [3.05, 3.63) is 23.3 Å². The molecular weight excluding hydrogens is 182 g/mol. The third-order valence-electron chi connectivity index (χ3n) is 2.44. The Bertz CT molecular complexity index is 378. The molecule has 14 heavy (non-hydrogen) atoms. The maximum absolute atomic E-state index is 10.9. The van der Waals surface area contributed by atoms with Crippen LogP contribution in [0.15, 0.2) is 6.33 Å². The number of carboxylic acids is 1. The molecule has 1 aliphatic heterocycles.